The minimum Gasteiger partial charge on any atom is -0.353 e. The number of carbonyl (C=O) groups excluding carboxylic acids is 1. The zero-order chi connectivity index (χ0) is 21.9. The molecule has 32 heavy (non-hydrogen) atoms. The van der Waals surface area contributed by atoms with Gasteiger partial charge in [0.25, 0.3) is 5.56 Å². The van der Waals surface area contributed by atoms with Gasteiger partial charge in [-0.3, -0.25) is 9.59 Å². The van der Waals surface area contributed by atoms with Crippen LogP contribution in [0.4, 0.5) is 0 Å². The third kappa shape index (κ3) is 3.73. The molecule has 0 saturated heterocycles. The molecule has 1 atom stereocenters. The van der Waals surface area contributed by atoms with Crippen LogP contribution in [0.5, 0.6) is 0 Å². The second-order valence-electron chi connectivity index (χ2n) is 10.9. The van der Waals surface area contributed by atoms with Gasteiger partial charge in [-0.1, -0.05) is 0 Å². The first-order chi connectivity index (χ1) is 15.5. The highest BCUT2D eigenvalue weighted by Gasteiger charge is 2.53. The zero-order valence-corrected chi connectivity index (χ0v) is 20.5. The molecule has 5 nitrogen and oxygen atoms in total. The number of nitrogens with zero attached hydrogens (tertiary/aromatic N) is 1. The van der Waals surface area contributed by atoms with E-state index in [9.17, 15) is 9.59 Å². The number of thiophene rings is 1. The summed E-state index contributed by atoms with van der Waals surface area (Å²) in [5.74, 6) is 5.03. The highest BCUT2D eigenvalue weighted by molar-refractivity contribution is 7.98. The van der Waals surface area contributed by atoms with E-state index in [4.69, 9.17) is 4.98 Å². The molecule has 2 N–H and O–H groups in total. The number of aromatic amines is 1. The summed E-state index contributed by atoms with van der Waals surface area (Å²) < 4.78 is 0. The van der Waals surface area contributed by atoms with Crippen LogP contribution in [-0.2, 0) is 23.4 Å². The Hall–Kier alpha value is -1.34. The van der Waals surface area contributed by atoms with Gasteiger partial charge < -0.3 is 10.3 Å². The summed E-state index contributed by atoms with van der Waals surface area (Å²) in [6.07, 6.45) is 12.0. The third-order valence-corrected chi connectivity index (χ3v) is 10.9. The molecule has 4 fully saturated rings. The summed E-state index contributed by atoms with van der Waals surface area (Å²) in [4.78, 5) is 35.2. The molecule has 0 aromatic carbocycles. The van der Waals surface area contributed by atoms with E-state index in [1.54, 1.807) is 23.1 Å². The molecule has 172 valence electrons. The standard InChI is InChI=1S/C25H33N3O2S2/c1-14(25-10-15-7-16(11-25)9-17(8-15)12-25)26-21(29)5-6-31-13-20-27-23(30)22-18-3-2-4-19(18)32-24(22)28-20/h14-17H,2-13H2,1H3,(H,26,29)(H,27,28,30). The van der Waals surface area contributed by atoms with Crippen molar-refractivity contribution in [1.29, 1.82) is 0 Å². The van der Waals surface area contributed by atoms with Crippen molar-refractivity contribution < 1.29 is 4.79 Å². The summed E-state index contributed by atoms with van der Waals surface area (Å²) in [6, 6.07) is 0.287. The van der Waals surface area contributed by atoms with Crippen LogP contribution < -0.4 is 10.9 Å². The van der Waals surface area contributed by atoms with Crippen LogP contribution in [0.1, 0.15) is 74.6 Å². The molecular formula is C25H33N3O2S2. The quantitative estimate of drug-likeness (QED) is 0.568. The van der Waals surface area contributed by atoms with E-state index in [1.807, 2.05) is 0 Å². The average molecular weight is 472 g/mol. The molecule has 5 aliphatic carbocycles. The minimum absolute atomic E-state index is 0.00661. The van der Waals surface area contributed by atoms with Gasteiger partial charge in [0.2, 0.25) is 5.91 Å². The van der Waals surface area contributed by atoms with E-state index in [-0.39, 0.29) is 17.5 Å². The molecule has 2 aromatic rings. The maximum absolute atomic E-state index is 12.7. The molecule has 1 amide bonds. The number of H-pyrrole nitrogens is 1. The van der Waals surface area contributed by atoms with E-state index in [0.29, 0.717) is 17.6 Å². The van der Waals surface area contributed by atoms with Gasteiger partial charge in [0.05, 0.1) is 11.1 Å². The van der Waals surface area contributed by atoms with Crippen molar-refractivity contribution in [2.24, 2.45) is 23.2 Å². The van der Waals surface area contributed by atoms with Crippen molar-refractivity contribution in [1.82, 2.24) is 15.3 Å². The Morgan fingerprint density at radius 3 is 2.66 bits per heavy atom. The molecule has 4 bridgehead atoms. The van der Waals surface area contributed by atoms with Crippen molar-refractivity contribution in [2.45, 2.75) is 82.9 Å². The molecular weight excluding hydrogens is 438 g/mol. The molecule has 0 spiro atoms. The first-order valence-corrected chi connectivity index (χ1v) is 14.4. The maximum Gasteiger partial charge on any atom is 0.259 e. The average Bonchev–Trinajstić information content (AvgIpc) is 3.31. The number of fused-ring (bicyclic) bond motifs is 3. The predicted octanol–water partition coefficient (Wildman–Crippen LogP) is 4.82. The molecule has 7 heteroatoms. The van der Waals surface area contributed by atoms with E-state index in [0.717, 1.165) is 58.8 Å². The number of aromatic nitrogens is 2. The summed E-state index contributed by atoms with van der Waals surface area (Å²) >= 11 is 3.36. The van der Waals surface area contributed by atoms with E-state index >= 15 is 0 Å². The summed E-state index contributed by atoms with van der Waals surface area (Å²) in [7, 11) is 0. The monoisotopic (exact) mass is 471 g/mol. The lowest BCUT2D eigenvalue weighted by Gasteiger charge is -2.59. The van der Waals surface area contributed by atoms with Crippen LogP contribution in [-0.4, -0.2) is 27.7 Å². The summed E-state index contributed by atoms with van der Waals surface area (Å²) in [5.41, 5.74) is 1.59. The van der Waals surface area contributed by atoms with Crippen LogP contribution in [0, 0.1) is 23.2 Å². The van der Waals surface area contributed by atoms with Crippen LogP contribution in [0.25, 0.3) is 10.2 Å². The van der Waals surface area contributed by atoms with Gasteiger partial charge >= 0.3 is 0 Å². The molecule has 0 radical (unpaired) electrons. The molecule has 0 aliphatic heterocycles. The molecule has 4 saturated carbocycles. The number of amides is 1. The van der Waals surface area contributed by atoms with Gasteiger partial charge in [-0.15, -0.1) is 11.3 Å². The number of hydrogen-bond donors (Lipinski definition) is 2. The summed E-state index contributed by atoms with van der Waals surface area (Å²) in [5, 5.41) is 4.18. The Kier molecular flexibility index (Phi) is 5.40. The normalized spacial score (nSPS) is 31.2. The highest BCUT2D eigenvalue weighted by atomic mass is 32.2. The SMILES string of the molecule is CC(NC(=O)CCSCc1nc2sc3c(c2c(=O)[nH]1)CCC3)C12CC3CC(CC(C3)C1)C2. The fourth-order valence-electron chi connectivity index (χ4n) is 7.62. The van der Waals surface area contributed by atoms with E-state index in [1.165, 1.54) is 49.0 Å². The van der Waals surface area contributed by atoms with Gasteiger partial charge in [-0.2, -0.15) is 11.8 Å². The third-order valence-electron chi connectivity index (χ3n) is 8.72. The molecule has 2 aromatic heterocycles. The summed E-state index contributed by atoms with van der Waals surface area (Å²) in [6.45, 7) is 2.25. The lowest BCUT2D eigenvalue weighted by molar-refractivity contribution is -0.125. The number of thioether (sulfide) groups is 1. The zero-order valence-electron chi connectivity index (χ0n) is 18.9. The fraction of sp³-hybridized carbons (Fsp3) is 0.720. The predicted molar refractivity (Wildman–Crippen MR) is 131 cm³/mol. The Bertz CT molecular complexity index is 1070. The largest absolute Gasteiger partial charge is 0.353 e. The van der Waals surface area contributed by atoms with E-state index in [2.05, 4.69) is 17.2 Å². The van der Waals surface area contributed by atoms with E-state index < -0.39 is 0 Å². The van der Waals surface area contributed by atoms with Gasteiger partial charge in [-0.05, 0) is 93.4 Å². The Balaban J connectivity index is 1.01. The Morgan fingerprint density at radius 1 is 1.22 bits per heavy atom. The van der Waals surface area contributed by atoms with Crippen molar-refractivity contribution in [2.75, 3.05) is 5.75 Å². The number of hydrogen-bond acceptors (Lipinski definition) is 5. The van der Waals surface area contributed by atoms with Crippen LogP contribution in [0.2, 0.25) is 0 Å². The molecule has 5 aliphatic rings. The van der Waals surface area contributed by atoms with Crippen LogP contribution in [0.3, 0.4) is 0 Å². The smallest absolute Gasteiger partial charge is 0.259 e. The molecule has 1 unspecified atom stereocenters. The second kappa shape index (κ2) is 8.15. The number of carbonyl (C=O) groups is 1. The fourth-order valence-corrected chi connectivity index (χ4v) is 9.71. The Labute approximate surface area is 197 Å². The van der Waals surface area contributed by atoms with Gasteiger partial charge in [0.1, 0.15) is 10.7 Å². The van der Waals surface area contributed by atoms with Crippen LogP contribution >= 0.6 is 23.1 Å². The van der Waals surface area contributed by atoms with Crippen molar-refractivity contribution >= 4 is 39.2 Å². The minimum atomic E-state index is 0.00661. The molecule has 7 rings (SSSR count). The highest BCUT2D eigenvalue weighted by Crippen LogP contribution is 2.61. The van der Waals surface area contributed by atoms with Crippen molar-refractivity contribution in [3.8, 4) is 0 Å². The van der Waals surface area contributed by atoms with Gasteiger partial charge in [0.15, 0.2) is 0 Å². The van der Waals surface area contributed by atoms with Crippen LogP contribution in [0.15, 0.2) is 4.79 Å². The van der Waals surface area contributed by atoms with Gasteiger partial charge in [0, 0.05) is 23.1 Å². The lowest BCUT2D eigenvalue weighted by atomic mass is 9.48. The topological polar surface area (TPSA) is 74.8 Å². The number of nitrogens with one attached hydrogen (secondary N) is 2. The van der Waals surface area contributed by atoms with Crippen molar-refractivity contribution in [3.05, 3.63) is 26.6 Å². The van der Waals surface area contributed by atoms with Crippen molar-refractivity contribution in [3.63, 3.8) is 0 Å². The number of rotatable bonds is 7. The maximum atomic E-state index is 12.7. The lowest BCUT2D eigenvalue weighted by Crippen LogP contribution is -2.55. The Morgan fingerprint density at radius 2 is 1.94 bits per heavy atom. The first-order valence-electron chi connectivity index (χ1n) is 12.4. The second-order valence-corrected chi connectivity index (χ2v) is 13.1. The van der Waals surface area contributed by atoms with Gasteiger partial charge in [-0.25, -0.2) is 4.98 Å². The molecule has 2 heterocycles. The number of aryl methyl sites for hydroxylation is 2. The first kappa shape index (κ1) is 21.2.